The van der Waals surface area contributed by atoms with Gasteiger partial charge in [0.15, 0.2) is 5.82 Å². The molecule has 1 atom stereocenters. The average Bonchev–Trinajstić information content (AvgIpc) is 2.48. The van der Waals surface area contributed by atoms with Crippen LogP contribution in [0.5, 0.6) is 0 Å². The largest absolute Gasteiger partial charge is 0.327 e. The lowest BCUT2D eigenvalue weighted by molar-refractivity contribution is 0.643. The Morgan fingerprint density at radius 1 is 1.00 bits per heavy atom. The van der Waals surface area contributed by atoms with E-state index in [4.69, 9.17) is 5.73 Å². The average molecular weight is 255 g/mol. The Hall–Kier alpha value is -1.74. The van der Waals surface area contributed by atoms with Crippen LogP contribution >= 0.6 is 0 Å². The number of hydrogen-bond acceptors (Lipinski definition) is 3. The third-order valence-corrected chi connectivity index (χ3v) is 3.35. The summed E-state index contributed by atoms with van der Waals surface area (Å²) in [6.07, 6.45) is 6.62. The van der Waals surface area contributed by atoms with Crippen molar-refractivity contribution < 1.29 is 0 Å². The highest BCUT2D eigenvalue weighted by Gasteiger charge is 2.04. The van der Waals surface area contributed by atoms with Crippen LogP contribution in [0.15, 0.2) is 36.7 Å². The topological polar surface area (TPSA) is 51.8 Å². The van der Waals surface area contributed by atoms with Crippen LogP contribution in [0.1, 0.15) is 31.4 Å². The van der Waals surface area contributed by atoms with E-state index in [2.05, 4.69) is 48.1 Å². The van der Waals surface area contributed by atoms with E-state index in [1.54, 1.807) is 0 Å². The minimum Gasteiger partial charge on any atom is -0.327 e. The fourth-order valence-electron chi connectivity index (χ4n) is 1.95. The van der Waals surface area contributed by atoms with Gasteiger partial charge in [0.25, 0.3) is 0 Å². The predicted octanol–water partition coefficient (Wildman–Crippen LogP) is 2.99. The number of rotatable bonds is 5. The molecule has 2 aromatic rings. The highest BCUT2D eigenvalue weighted by molar-refractivity contribution is 5.55. The number of aryl methyl sites for hydroxylation is 1. The molecule has 100 valence electrons. The van der Waals surface area contributed by atoms with E-state index in [9.17, 15) is 0 Å². The first-order valence-electron chi connectivity index (χ1n) is 6.88. The van der Waals surface area contributed by atoms with Crippen molar-refractivity contribution in [2.24, 2.45) is 5.73 Å². The summed E-state index contributed by atoms with van der Waals surface area (Å²) in [7, 11) is 0. The van der Waals surface area contributed by atoms with Crippen LogP contribution in [-0.2, 0) is 12.8 Å². The van der Waals surface area contributed by atoms with Gasteiger partial charge >= 0.3 is 0 Å². The summed E-state index contributed by atoms with van der Waals surface area (Å²) in [4.78, 5) is 8.85. The van der Waals surface area contributed by atoms with Gasteiger partial charge in [-0.2, -0.15) is 0 Å². The highest BCUT2D eigenvalue weighted by atomic mass is 14.9. The van der Waals surface area contributed by atoms with Gasteiger partial charge in [-0.25, -0.2) is 9.97 Å². The Balaban J connectivity index is 2.12. The van der Waals surface area contributed by atoms with E-state index in [1.165, 1.54) is 5.56 Å². The molecule has 0 radical (unpaired) electrons. The Kier molecular flexibility index (Phi) is 4.63. The number of benzene rings is 1. The van der Waals surface area contributed by atoms with Crippen molar-refractivity contribution in [1.82, 2.24) is 9.97 Å². The SMILES string of the molecule is CCc1ccc(-c2ncc(CC(N)CC)cn2)cc1. The van der Waals surface area contributed by atoms with E-state index >= 15 is 0 Å². The lowest BCUT2D eigenvalue weighted by Gasteiger charge is -2.08. The van der Waals surface area contributed by atoms with Crippen molar-refractivity contribution in [3.8, 4) is 11.4 Å². The standard InChI is InChI=1S/C16H21N3/c1-3-12-5-7-14(8-6-12)16-18-10-13(11-19-16)9-15(17)4-2/h5-8,10-11,15H,3-4,9,17H2,1-2H3. The lowest BCUT2D eigenvalue weighted by Crippen LogP contribution is -2.21. The molecular weight excluding hydrogens is 234 g/mol. The minimum absolute atomic E-state index is 0.193. The summed E-state index contributed by atoms with van der Waals surface area (Å²) in [6.45, 7) is 4.24. The second kappa shape index (κ2) is 6.43. The summed E-state index contributed by atoms with van der Waals surface area (Å²) in [5.74, 6) is 0.775. The maximum atomic E-state index is 5.93. The van der Waals surface area contributed by atoms with Crippen molar-refractivity contribution >= 4 is 0 Å². The molecule has 0 aliphatic carbocycles. The number of nitrogens with zero attached hydrogens (tertiary/aromatic N) is 2. The fraction of sp³-hybridized carbons (Fsp3) is 0.375. The molecule has 1 aromatic carbocycles. The lowest BCUT2D eigenvalue weighted by atomic mass is 10.1. The second-order valence-electron chi connectivity index (χ2n) is 4.84. The summed E-state index contributed by atoms with van der Waals surface area (Å²) in [5.41, 5.74) is 9.42. The zero-order valence-electron chi connectivity index (χ0n) is 11.6. The van der Waals surface area contributed by atoms with Gasteiger partial charge in [-0.15, -0.1) is 0 Å². The zero-order chi connectivity index (χ0) is 13.7. The Morgan fingerprint density at radius 3 is 2.16 bits per heavy atom. The van der Waals surface area contributed by atoms with Crippen LogP contribution in [0.4, 0.5) is 0 Å². The molecule has 1 unspecified atom stereocenters. The van der Waals surface area contributed by atoms with Crippen molar-refractivity contribution in [3.05, 3.63) is 47.8 Å². The quantitative estimate of drug-likeness (QED) is 0.893. The van der Waals surface area contributed by atoms with Gasteiger partial charge < -0.3 is 5.73 Å². The normalized spacial score (nSPS) is 12.4. The number of hydrogen-bond donors (Lipinski definition) is 1. The molecule has 0 aliphatic heterocycles. The minimum atomic E-state index is 0.193. The highest BCUT2D eigenvalue weighted by Crippen LogP contribution is 2.16. The summed E-state index contributed by atoms with van der Waals surface area (Å²) >= 11 is 0. The molecular formula is C16H21N3. The predicted molar refractivity (Wildman–Crippen MR) is 78.8 cm³/mol. The molecule has 0 bridgehead atoms. The summed E-state index contributed by atoms with van der Waals surface area (Å²) < 4.78 is 0. The van der Waals surface area contributed by atoms with Crippen LogP contribution in [0.2, 0.25) is 0 Å². The Labute approximate surface area is 114 Å². The zero-order valence-corrected chi connectivity index (χ0v) is 11.6. The molecule has 19 heavy (non-hydrogen) atoms. The first-order chi connectivity index (χ1) is 9.22. The van der Waals surface area contributed by atoms with Crippen LogP contribution in [0.3, 0.4) is 0 Å². The van der Waals surface area contributed by atoms with Crippen LogP contribution < -0.4 is 5.73 Å². The monoisotopic (exact) mass is 255 g/mol. The molecule has 0 aliphatic rings. The molecule has 1 aromatic heterocycles. The Morgan fingerprint density at radius 2 is 1.63 bits per heavy atom. The van der Waals surface area contributed by atoms with E-state index in [1.807, 2.05) is 12.4 Å². The summed E-state index contributed by atoms with van der Waals surface area (Å²) in [6, 6.07) is 8.59. The van der Waals surface area contributed by atoms with E-state index in [0.29, 0.717) is 0 Å². The molecule has 0 fully saturated rings. The van der Waals surface area contributed by atoms with Crippen molar-refractivity contribution in [3.63, 3.8) is 0 Å². The molecule has 0 amide bonds. The smallest absolute Gasteiger partial charge is 0.159 e. The van der Waals surface area contributed by atoms with E-state index in [0.717, 1.165) is 36.2 Å². The molecule has 1 heterocycles. The second-order valence-corrected chi connectivity index (χ2v) is 4.84. The van der Waals surface area contributed by atoms with Crippen molar-refractivity contribution in [2.45, 2.75) is 39.2 Å². The van der Waals surface area contributed by atoms with Gasteiger partial charge in [-0.3, -0.25) is 0 Å². The summed E-state index contributed by atoms with van der Waals surface area (Å²) in [5, 5.41) is 0. The fourth-order valence-corrected chi connectivity index (χ4v) is 1.95. The van der Waals surface area contributed by atoms with Gasteiger partial charge in [-0.1, -0.05) is 38.1 Å². The van der Waals surface area contributed by atoms with Gasteiger partial charge in [0.05, 0.1) is 0 Å². The van der Waals surface area contributed by atoms with Crippen molar-refractivity contribution in [2.75, 3.05) is 0 Å². The number of aromatic nitrogens is 2. The molecule has 3 heteroatoms. The molecule has 0 spiro atoms. The molecule has 0 saturated carbocycles. The van der Waals surface area contributed by atoms with Gasteiger partial charge in [-0.05, 0) is 30.4 Å². The van der Waals surface area contributed by atoms with Crippen LogP contribution in [0, 0.1) is 0 Å². The van der Waals surface area contributed by atoms with Gasteiger partial charge in [0.1, 0.15) is 0 Å². The third kappa shape index (κ3) is 3.61. The molecule has 2 rings (SSSR count). The van der Waals surface area contributed by atoms with E-state index in [-0.39, 0.29) is 6.04 Å². The van der Waals surface area contributed by atoms with Gasteiger partial charge in [0.2, 0.25) is 0 Å². The number of nitrogens with two attached hydrogens (primary N) is 1. The van der Waals surface area contributed by atoms with Crippen LogP contribution in [-0.4, -0.2) is 16.0 Å². The van der Waals surface area contributed by atoms with Gasteiger partial charge in [0, 0.05) is 24.0 Å². The molecule has 3 nitrogen and oxygen atoms in total. The molecule has 0 saturated heterocycles. The maximum absolute atomic E-state index is 5.93. The third-order valence-electron chi connectivity index (χ3n) is 3.35. The van der Waals surface area contributed by atoms with E-state index < -0.39 is 0 Å². The van der Waals surface area contributed by atoms with Crippen molar-refractivity contribution in [1.29, 1.82) is 0 Å². The first kappa shape index (κ1) is 13.7. The molecule has 2 N–H and O–H groups in total. The first-order valence-corrected chi connectivity index (χ1v) is 6.88. The Bertz CT molecular complexity index is 503. The maximum Gasteiger partial charge on any atom is 0.159 e. The van der Waals surface area contributed by atoms with Crippen LogP contribution in [0.25, 0.3) is 11.4 Å².